The first-order valence-electron chi connectivity index (χ1n) is 5.89. The molecule has 0 aliphatic carbocycles. The van der Waals surface area contributed by atoms with Crippen LogP contribution in [0.15, 0.2) is 48.9 Å². The lowest BCUT2D eigenvalue weighted by molar-refractivity contribution is 0.649. The molecule has 96 valence electrons. The average molecular weight is 318 g/mol. The van der Waals surface area contributed by atoms with E-state index in [9.17, 15) is 0 Å². The Morgan fingerprint density at radius 3 is 2.68 bits per heavy atom. The minimum Gasteiger partial charge on any atom is -0.248 e. The minimum absolute atomic E-state index is 0.673. The Morgan fingerprint density at radius 2 is 1.95 bits per heavy atom. The number of benzene rings is 1. The Bertz CT molecular complexity index is 658. The smallest absolute Gasteiger partial charge is 0.0932 e. The van der Waals surface area contributed by atoms with E-state index in [2.05, 4.69) is 31.3 Å². The number of halogens is 1. The van der Waals surface area contributed by atoms with Crippen molar-refractivity contribution in [1.29, 1.82) is 0 Å². The molecule has 2 heterocycles. The quantitative estimate of drug-likeness (QED) is 0.694. The van der Waals surface area contributed by atoms with Crippen molar-refractivity contribution in [3.63, 3.8) is 0 Å². The van der Waals surface area contributed by atoms with E-state index < -0.39 is 0 Å². The molecule has 5 nitrogen and oxygen atoms in total. The van der Waals surface area contributed by atoms with Gasteiger partial charge < -0.3 is 0 Å². The van der Waals surface area contributed by atoms with Crippen LogP contribution in [-0.4, -0.2) is 24.8 Å². The van der Waals surface area contributed by atoms with E-state index in [4.69, 9.17) is 0 Å². The summed E-state index contributed by atoms with van der Waals surface area (Å²) < 4.78 is 3.67. The molecule has 0 saturated heterocycles. The van der Waals surface area contributed by atoms with E-state index in [0.717, 1.165) is 22.3 Å². The summed E-state index contributed by atoms with van der Waals surface area (Å²) in [4.78, 5) is 0. The molecule has 0 radical (unpaired) electrons. The number of para-hydroxylation sites is 1. The normalized spacial score (nSPS) is 10.8. The zero-order valence-electron chi connectivity index (χ0n) is 10.1. The predicted molar refractivity (Wildman–Crippen MR) is 75.3 cm³/mol. The number of aromatic nitrogens is 5. The van der Waals surface area contributed by atoms with Crippen LogP contribution < -0.4 is 0 Å². The lowest BCUT2D eigenvalue weighted by atomic mass is 10.3. The van der Waals surface area contributed by atoms with Gasteiger partial charge in [-0.05, 0) is 12.1 Å². The van der Waals surface area contributed by atoms with Crippen LogP contribution in [0.2, 0.25) is 0 Å². The van der Waals surface area contributed by atoms with Gasteiger partial charge >= 0.3 is 0 Å². The Morgan fingerprint density at radius 1 is 1.11 bits per heavy atom. The third-order valence-electron chi connectivity index (χ3n) is 2.72. The van der Waals surface area contributed by atoms with E-state index in [1.54, 1.807) is 0 Å². The second kappa shape index (κ2) is 5.36. The predicted octanol–water partition coefficient (Wildman–Crippen LogP) is 2.41. The maximum atomic E-state index is 4.36. The maximum Gasteiger partial charge on any atom is 0.0932 e. The Balaban J connectivity index is 1.78. The van der Waals surface area contributed by atoms with Gasteiger partial charge in [0.15, 0.2) is 0 Å². The number of alkyl halides is 1. The van der Waals surface area contributed by atoms with Crippen molar-refractivity contribution in [2.24, 2.45) is 0 Å². The molecule has 0 unspecified atom stereocenters. The van der Waals surface area contributed by atoms with Crippen LogP contribution in [0.1, 0.15) is 11.3 Å². The summed E-state index contributed by atoms with van der Waals surface area (Å²) in [5, 5.41) is 13.2. The van der Waals surface area contributed by atoms with Crippen molar-refractivity contribution >= 4 is 15.9 Å². The standard InChI is InChI=1S/C13H12BrN5/c14-6-12-10-18(17-16-12)8-11-7-15-19(9-11)13-4-2-1-3-5-13/h1-5,7,9-10H,6,8H2. The molecule has 6 heteroatoms. The summed E-state index contributed by atoms with van der Waals surface area (Å²) in [5.74, 6) is 0. The Hall–Kier alpha value is -1.95. The van der Waals surface area contributed by atoms with Crippen LogP contribution in [0.25, 0.3) is 5.69 Å². The van der Waals surface area contributed by atoms with Gasteiger partial charge in [0.05, 0.1) is 24.1 Å². The summed E-state index contributed by atoms with van der Waals surface area (Å²) in [6.45, 7) is 0.673. The molecule has 0 bridgehead atoms. The highest BCUT2D eigenvalue weighted by Crippen LogP contribution is 2.09. The summed E-state index contributed by atoms with van der Waals surface area (Å²) >= 11 is 3.36. The van der Waals surface area contributed by atoms with Crippen molar-refractivity contribution in [1.82, 2.24) is 24.8 Å². The highest BCUT2D eigenvalue weighted by molar-refractivity contribution is 9.08. The highest BCUT2D eigenvalue weighted by Gasteiger charge is 2.03. The largest absolute Gasteiger partial charge is 0.248 e. The van der Waals surface area contributed by atoms with Crippen molar-refractivity contribution in [3.05, 3.63) is 60.2 Å². The fourth-order valence-corrected chi connectivity index (χ4v) is 2.08. The van der Waals surface area contributed by atoms with Crippen molar-refractivity contribution < 1.29 is 0 Å². The monoisotopic (exact) mass is 317 g/mol. The SMILES string of the molecule is BrCc1cn(Cc2cnn(-c3ccccc3)c2)nn1. The molecule has 0 aliphatic rings. The van der Waals surface area contributed by atoms with E-state index in [0.29, 0.717) is 6.54 Å². The molecule has 0 spiro atoms. The van der Waals surface area contributed by atoms with Gasteiger partial charge in [0.2, 0.25) is 0 Å². The molecule has 19 heavy (non-hydrogen) atoms. The van der Waals surface area contributed by atoms with Crippen LogP contribution in [0.3, 0.4) is 0 Å². The van der Waals surface area contributed by atoms with Gasteiger partial charge in [0, 0.05) is 23.3 Å². The molecule has 3 rings (SSSR count). The summed E-state index contributed by atoms with van der Waals surface area (Å²) in [5.41, 5.74) is 3.07. The van der Waals surface area contributed by atoms with Gasteiger partial charge in [-0.1, -0.05) is 39.3 Å². The van der Waals surface area contributed by atoms with Gasteiger partial charge in [-0.15, -0.1) is 5.10 Å². The summed E-state index contributed by atoms with van der Waals surface area (Å²) in [7, 11) is 0. The lowest BCUT2D eigenvalue weighted by Gasteiger charge is -1.99. The van der Waals surface area contributed by atoms with Gasteiger partial charge in [-0.2, -0.15) is 5.10 Å². The molecule has 3 aromatic rings. The molecule has 2 aromatic heterocycles. The number of hydrogen-bond donors (Lipinski definition) is 0. The van der Waals surface area contributed by atoms with E-state index >= 15 is 0 Å². The van der Waals surface area contributed by atoms with Gasteiger partial charge in [-0.3, -0.25) is 0 Å². The molecule has 0 saturated carbocycles. The molecule has 1 aromatic carbocycles. The summed E-state index contributed by atoms with van der Waals surface area (Å²) in [6, 6.07) is 10.0. The third-order valence-corrected chi connectivity index (χ3v) is 3.30. The summed E-state index contributed by atoms with van der Waals surface area (Å²) in [6.07, 6.45) is 5.78. The number of hydrogen-bond acceptors (Lipinski definition) is 3. The van der Waals surface area contributed by atoms with E-state index in [1.165, 1.54) is 0 Å². The second-order valence-electron chi connectivity index (χ2n) is 4.17. The highest BCUT2D eigenvalue weighted by atomic mass is 79.9. The van der Waals surface area contributed by atoms with Crippen LogP contribution in [0.5, 0.6) is 0 Å². The van der Waals surface area contributed by atoms with Crippen molar-refractivity contribution in [3.8, 4) is 5.69 Å². The van der Waals surface area contributed by atoms with Gasteiger partial charge in [-0.25, -0.2) is 9.36 Å². The molecular weight excluding hydrogens is 306 g/mol. The zero-order valence-corrected chi connectivity index (χ0v) is 11.7. The lowest BCUT2D eigenvalue weighted by Crippen LogP contribution is -1.99. The third kappa shape index (κ3) is 2.73. The number of rotatable bonds is 4. The number of nitrogens with zero attached hydrogens (tertiary/aromatic N) is 5. The van der Waals surface area contributed by atoms with Crippen LogP contribution in [-0.2, 0) is 11.9 Å². The topological polar surface area (TPSA) is 48.5 Å². The van der Waals surface area contributed by atoms with Gasteiger partial charge in [0.25, 0.3) is 0 Å². The fourth-order valence-electron chi connectivity index (χ4n) is 1.83. The molecule has 0 N–H and O–H groups in total. The first-order valence-corrected chi connectivity index (χ1v) is 7.01. The average Bonchev–Trinajstić information content (AvgIpc) is 3.09. The van der Waals surface area contributed by atoms with Crippen molar-refractivity contribution in [2.45, 2.75) is 11.9 Å². The van der Waals surface area contributed by atoms with E-state index in [1.807, 2.05) is 58.3 Å². The molecule has 0 fully saturated rings. The molecule has 0 aliphatic heterocycles. The first-order chi connectivity index (χ1) is 9.35. The van der Waals surface area contributed by atoms with Crippen LogP contribution in [0, 0.1) is 0 Å². The Kier molecular flexibility index (Phi) is 3.41. The first kappa shape index (κ1) is 12.1. The van der Waals surface area contributed by atoms with Crippen molar-refractivity contribution in [2.75, 3.05) is 0 Å². The van der Waals surface area contributed by atoms with E-state index in [-0.39, 0.29) is 0 Å². The molecule has 0 atom stereocenters. The minimum atomic E-state index is 0.673. The molecular formula is C13H12BrN5. The molecule has 0 amide bonds. The van der Waals surface area contributed by atoms with Crippen LogP contribution in [0.4, 0.5) is 0 Å². The Labute approximate surface area is 119 Å². The van der Waals surface area contributed by atoms with Gasteiger partial charge in [0.1, 0.15) is 0 Å². The fraction of sp³-hybridized carbons (Fsp3) is 0.154. The maximum absolute atomic E-state index is 4.36. The van der Waals surface area contributed by atoms with Crippen LogP contribution >= 0.6 is 15.9 Å². The zero-order chi connectivity index (χ0) is 13.1. The second-order valence-corrected chi connectivity index (χ2v) is 4.73.